The van der Waals surface area contributed by atoms with Crippen LogP contribution >= 0.6 is 0 Å². The Labute approximate surface area is 268 Å². The molecule has 0 radical (unpaired) electrons. The third-order valence-electron chi connectivity index (χ3n) is 7.63. The van der Waals surface area contributed by atoms with Crippen molar-refractivity contribution in [1.29, 1.82) is 0 Å². The monoisotopic (exact) mass is 621 g/mol. The fourth-order valence-electron chi connectivity index (χ4n) is 4.92. The number of anilines is 1. The Morgan fingerprint density at radius 1 is 0.826 bits per heavy atom. The average molecular weight is 622 g/mol. The molecule has 0 aromatic heterocycles. The number of esters is 1. The highest BCUT2D eigenvalue weighted by molar-refractivity contribution is 5.92. The smallest absolute Gasteiger partial charge is 0.343 e. The molecule has 0 heterocycles. The van der Waals surface area contributed by atoms with E-state index in [9.17, 15) is 19.5 Å². The van der Waals surface area contributed by atoms with E-state index in [1.165, 1.54) is 12.8 Å². The van der Waals surface area contributed by atoms with Crippen molar-refractivity contribution in [3.05, 3.63) is 125 Å². The lowest BCUT2D eigenvalue weighted by Crippen LogP contribution is -2.31. The molecule has 1 unspecified atom stereocenters. The highest BCUT2D eigenvalue weighted by Crippen LogP contribution is 2.26. The second-order valence-electron chi connectivity index (χ2n) is 11.3. The molecule has 4 N–H and O–H groups in total. The van der Waals surface area contributed by atoms with Gasteiger partial charge >= 0.3 is 11.9 Å². The summed E-state index contributed by atoms with van der Waals surface area (Å²) < 4.78 is 11.4. The molecule has 1 saturated carbocycles. The zero-order chi connectivity index (χ0) is 32.1. The number of rotatable bonds is 17. The van der Waals surface area contributed by atoms with Gasteiger partial charge in [-0.15, -0.1) is 0 Å². The summed E-state index contributed by atoms with van der Waals surface area (Å²) in [5, 5.41) is 19.4. The molecule has 0 saturated heterocycles. The van der Waals surface area contributed by atoms with Crippen LogP contribution in [0, 0.1) is 0 Å². The Balaban J connectivity index is 1.05. The number of nitrogens with one attached hydrogen (secondary N) is 3. The largest absolute Gasteiger partial charge is 0.494 e. The first-order valence-corrected chi connectivity index (χ1v) is 15.6. The van der Waals surface area contributed by atoms with Gasteiger partial charge in [0.15, 0.2) is 5.75 Å². The normalized spacial score (nSPS) is 13.0. The minimum Gasteiger partial charge on any atom is -0.494 e. The van der Waals surface area contributed by atoms with Gasteiger partial charge in [0.1, 0.15) is 11.8 Å². The van der Waals surface area contributed by atoms with Gasteiger partial charge in [-0.25, -0.2) is 9.59 Å². The Kier molecular flexibility index (Phi) is 11.4. The second kappa shape index (κ2) is 16.2. The van der Waals surface area contributed by atoms with Crippen LogP contribution in [0.1, 0.15) is 46.3 Å². The summed E-state index contributed by atoms with van der Waals surface area (Å²) in [6.45, 7) is 1.72. The van der Waals surface area contributed by atoms with Gasteiger partial charge in [0, 0.05) is 25.6 Å². The van der Waals surface area contributed by atoms with Crippen LogP contribution in [0.4, 0.5) is 5.69 Å². The van der Waals surface area contributed by atoms with Crippen LogP contribution in [0.15, 0.2) is 103 Å². The van der Waals surface area contributed by atoms with Crippen molar-refractivity contribution in [2.45, 2.75) is 50.7 Å². The molecule has 238 valence electrons. The molecule has 1 atom stereocenters. The molecule has 1 fully saturated rings. The van der Waals surface area contributed by atoms with Gasteiger partial charge in [0.05, 0.1) is 24.3 Å². The van der Waals surface area contributed by atoms with E-state index in [0.717, 1.165) is 23.2 Å². The first-order chi connectivity index (χ1) is 22.4. The average Bonchev–Trinajstić information content (AvgIpc) is 3.90. The van der Waals surface area contributed by atoms with Crippen LogP contribution in [-0.4, -0.2) is 48.2 Å². The standard InChI is InChI=1S/C37H39N3O6/c41-35(24-28-11-4-5-12-29(28)25-39-30-17-18-30)38-21-8-22-45-31-19-15-26(16-20-31)23-33(36(42)43)40-32-13-6-7-14-34(32)46-37(44)27-9-2-1-3-10-27/h1-7,9-16,19-20,30,33,39-40H,8,17-18,21-25H2,(H,38,41)(H,42,43). The molecule has 46 heavy (non-hydrogen) atoms. The van der Waals surface area contributed by atoms with E-state index in [4.69, 9.17) is 9.47 Å². The Bertz CT molecular complexity index is 1610. The van der Waals surface area contributed by atoms with E-state index in [1.807, 2.05) is 30.3 Å². The van der Waals surface area contributed by atoms with E-state index >= 15 is 0 Å². The van der Waals surface area contributed by atoms with Crippen molar-refractivity contribution in [1.82, 2.24) is 10.6 Å². The number of carboxylic acids is 1. The molecule has 9 nitrogen and oxygen atoms in total. The number of hydrogen-bond acceptors (Lipinski definition) is 7. The van der Waals surface area contributed by atoms with E-state index in [2.05, 4.69) is 22.0 Å². The zero-order valence-corrected chi connectivity index (χ0v) is 25.6. The van der Waals surface area contributed by atoms with Crippen LogP contribution in [0.25, 0.3) is 0 Å². The number of para-hydroxylation sites is 2. The van der Waals surface area contributed by atoms with Crippen LogP contribution in [0.2, 0.25) is 0 Å². The highest BCUT2D eigenvalue weighted by Gasteiger charge is 2.22. The van der Waals surface area contributed by atoms with Crippen molar-refractivity contribution in [3.63, 3.8) is 0 Å². The molecule has 0 bridgehead atoms. The lowest BCUT2D eigenvalue weighted by molar-refractivity contribution is -0.137. The van der Waals surface area contributed by atoms with Crippen LogP contribution in [0.3, 0.4) is 0 Å². The van der Waals surface area contributed by atoms with E-state index in [0.29, 0.717) is 49.0 Å². The lowest BCUT2D eigenvalue weighted by atomic mass is 10.0. The number of ether oxygens (including phenoxy) is 2. The van der Waals surface area contributed by atoms with Gasteiger partial charge in [-0.1, -0.05) is 66.7 Å². The zero-order valence-electron chi connectivity index (χ0n) is 25.6. The first kappa shape index (κ1) is 32.2. The number of benzene rings is 4. The molecule has 1 amide bonds. The lowest BCUT2D eigenvalue weighted by Gasteiger charge is -2.18. The van der Waals surface area contributed by atoms with Crippen LogP contribution < -0.4 is 25.4 Å². The number of hydrogen-bond donors (Lipinski definition) is 4. The van der Waals surface area contributed by atoms with E-state index in [1.54, 1.807) is 66.7 Å². The van der Waals surface area contributed by atoms with Crippen molar-refractivity contribution in [2.24, 2.45) is 0 Å². The fraction of sp³-hybridized carbons (Fsp3) is 0.270. The van der Waals surface area contributed by atoms with Crippen molar-refractivity contribution in [3.8, 4) is 11.5 Å². The Morgan fingerprint density at radius 2 is 1.52 bits per heavy atom. The number of carboxylic acid groups (broad SMARTS) is 1. The highest BCUT2D eigenvalue weighted by atomic mass is 16.5. The molecular formula is C37H39N3O6. The van der Waals surface area contributed by atoms with E-state index in [-0.39, 0.29) is 18.1 Å². The number of aliphatic carboxylic acids is 1. The van der Waals surface area contributed by atoms with Gasteiger partial charge in [-0.05, 0) is 72.4 Å². The summed E-state index contributed by atoms with van der Waals surface area (Å²) in [6, 6.07) is 30.3. The molecular weight excluding hydrogens is 582 g/mol. The van der Waals surface area contributed by atoms with Crippen LogP contribution in [-0.2, 0) is 29.0 Å². The second-order valence-corrected chi connectivity index (χ2v) is 11.3. The third-order valence-corrected chi connectivity index (χ3v) is 7.63. The van der Waals surface area contributed by atoms with Gasteiger partial charge < -0.3 is 30.5 Å². The number of carbonyl (C=O) groups is 3. The molecule has 5 rings (SSSR count). The maximum atomic E-state index is 12.6. The predicted octanol–water partition coefficient (Wildman–Crippen LogP) is 5.39. The minimum atomic E-state index is -1.04. The minimum absolute atomic E-state index is 0.0122. The van der Waals surface area contributed by atoms with Gasteiger partial charge in [0.2, 0.25) is 5.91 Å². The summed E-state index contributed by atoms with van der Waals surface area (Å²) in [7, 11) is 0. The quantitative estimate of drug-likeness (QED) is 0.0703. The summed E-state index contributed by atoms with van der Waals surface area (Å²) in [5.74, 6) is -0.678. The van der Waals surface area contributed by atoms with Crippen LogP contribution in [0.5, 0.6) is 11.5 Å². The van der Waals surface area contributed by atoms with E-state index < -0.39 is 18.0 Å². The third kappa shape index (κ3) is 9.93. The van der Waals surface area contributed by atoms with Crippen molar-refractivity contribution in [2.75, 3.05) is 18.5 Å². The molecule has 4 aromatic rings. The SMILES string of the molecule is O=C(Cc1ccccc1CNC1CC1)NCCCOc1ccc(CC(Nc2ccccc2OC(=O)c2ccccc2)C(=O)O)cc1. The molecule has 1 aliphatic rings. The number of carbonyl (C=O) groups excluding carboxylic acids is 2. The van der Waals surface area contributed by atoms with Crippen molar-refractivity contribution < 1.29 is 29.0 Å². The Hall–Kier alpha value is -5.15. The molecule has 9 heteroatoms. The Morgan fingerprint density at radius 3 is 2.26 bits per heavy atom. The van der Waals surface area contributed by atoms with Gasteiger partial charge in [0.25, 0.3) is 0 Å². The molecule has 0 spiro atoms. The fourth-order valence-corrected chi connectivity index (χ4v) is 4.92. The van der Waals surface area contributed by atoms with Gasteiger partial charge in [-0.2, -0.15) is 0 Å². The molecule has 1 aliphatic carbocycles. The topological polar surface area (TPSA) is 126 Å². The summed E-state index contributed by atoms with van der Waals surface area (Å²) >= 11 is 0. The maximum Gasteiger partial charge on any atom is 0.343 e. The maximum absolute atomic E-state index is 12.6. The van der Waals surface area contributed by atoms with Gasteiger partial charge in [-0.3, -0.25) is 4.79 Å². The summed E-state index contributed by atoms with van der Waals surface area (Å²) in [6.07, 6.45) is 3.65. The predicted molar refractivity (Wildman–Crippen MR) is 176 cm³/mol. The summed E-state index contributed by atoms with van der Waals surface area (Å²) in [4.78, 5) is 37.2. The molecule has 4 aromatic carbocycles. The number of amides is 1. The van der Waals surface area contributed by atoms with Crippen molar-refractivity contribution >= 4 is 23.5 Å². The first-order valence-electron chi connectivity index (χ1n) is 15.6. The summed E-state index contributed by atoms with van der Waals surface area (Å²) in [5.41, 5.74) is 3.80. The molecule has 0 aliphatic heterocycles.